The maximum absolute atomic E-state index is 11.8. The van der Waals surface area contributed by atoms with E-state index in [9.17, 15) is 4.79 Å². The summed E-state index contributed by atoms with van der Waals surface area (Å²) in [5.41, 5.74) is 4.09. The van der Waals surface area contributed by atoms with Gasteiger partial charge in [-0.3, -0.25) is 0 Å². The molecular weight excluding hydrogens is 298 g/mol. The lowest BCUT2D eigenvalue weighted by atomic mass is 10.0. The zero-order chi connectivity index (χ0) is 15.1. The molecule has 5 nitrogen and oxygen atoms in total. The van der Waals surface area contributed by atoms with E-state index in [-0.39, 0.29) is 5.63 Å². The summed E-state index contributed by atoms with van der Waals surface area (Å²) >= 11 is 1.57. The summed E-state index contributed by atoms with van der Waals surface area (Å²) in [4.78, 5) is 11.8. The highest BCUT2D eigenvalue weighted by Gasteiger charge is 2.15. The van der Waals surface area contributed by atoms with E-state index in [1.54, 1.807) is 24.2 Å². The Labute approximate surface area is 131 Å². The first-order valence-electron chi connectivity index (χ1n) is 7.26. The van der Waals surface area contributed by atoms with Gasteiger partial charge in [0.15, 0.2) is 5.16 Å². The third-order valence-corrected chi connectivity index (χ3v) is 5.15. The van der Waals surface area contributed by atoms with Gasteiger partial charge in [-0.2, -0.15) is 0 Å². The molecule has 0 saturated carbocycles. The fraction of sp³-hybridized carbons (Fsp3) is 0.312. The zero-order valence-corrected chi connectivity index (χ0v) is 13.0. The summed E-state index contributed by atoms with van der Waals surface area (Å²) < 4.78 is 7.26. The van der Waals surface area contributed by atoms with E-state index >= 15 is 0 Å². The van der Waals surface area contributed by atoms with Crippen LogP contribution in [0.15, 0.2) is 38.9 Å². The molecule has 1 aliphatic carbocycles. The minimum Gasteiger partial charge on any atom is -0.423 e. The fourth-order valence-electron chi connectivity index (χ4n) is 2.96. The van der Waals surface area contributed by atoms with Crippen LogP contribution in [0.2, 0.25) is 0 Å². The number of aromatic nitrogens is 3. The number of thioether (sulfide) groups is 1. The molecule has 3 aromatic rings. The Hall–Kier alpha value is -2.08. The average molecular weight is 313 g/mol. The molecule has 0 bridgehead atoms. The lowest BCUT2D eigenvalue weighted by Gasteiger charge is -2.07. The van der Waals surface area contributed by atoms with Gasteiger partial charge in [0.25, 0.3) is 0 Å². The summed E-state index contributed by atoms with van der Waals surface area (Å²) in [5.74, 6) is 0.674. The normalized spacial score (nSPS) is 13.7. The van der Waals surface area contributed by atoms with Crippen molar-refractivity contribution in [1.29, 1.82) is 0 Å². The van der Waals surface area contributed by atoms with Crippen LogP contribution in [0, 0.1) is 0 Å². The minimum absolute atomic E-state index is 0.293. The van der Waals surface area contributed by atoms with Crippen molar-refractivity contribution in [2.24, 2.45) is 7.05 Å². The van der Waals surface area contributed by atoms with E-state index in [4.69, 9.17) is 4.42 Å². The molecule has 0 saturated heterocycles. The van der Waals surface area contributed by atoms with Crippen LogP contribution in [0.4, 0.5) is 0 Å². The lowest BCUT2D eigenvalue weighted by Crippen LogP contribution is -2.01. The Kier molecular flexibility index (Phi) is 3.26. The van der Waals surface area contributed by atoms with Crippen LogP contribution in [0.25, 0.3) is 11.0 Å². The average Bonchev–Trinajstić information content (AvgIpc) is 3.11. The molecule has 112 valence electrons. The van der Waals surface area contributed by atoms with Crippen LogP contribution < -0.4 is 5.63 Å². The number of hydrogen-bond donors (Lipinski definition) is 0. The van der Waals surface area contributed by atoms with E-state index in [0.29, 0.717) is 11.3 Å². The molecule has 22 heavy (non-hydrogen) atoms. The van der Waals surface area contributed by atoms with Crippen molar-refractivity contribution in [3.63, 3.8) is 0 Å². The monoisotopic (exact) mass is 313 g/mol. The fourth-order valence-corrected chi connectivity index (χ4v) is 3.84. The molecule has 4 rings (SSSR count). The number of rotatable bonds is 3. The highest BCUT2D eigenvalue weighted by atomic mass is 32.2. The highest BCUT2D eigenvalue weighted by Crippen LogP contribution is 2.30. The zero-order valence-electron chi connectivity index (χ0n) is 12.2. The van der Waals surface area contributed by atoms with Crippen LogP contribution in [-0.4, -0.2) is 14.8 Å². The van der Waals surface area contributed by atoms with Crippen molar-refractivity contribution in [3.05, 3.63) is 51.6 Å². The van der Waals surface area contributed by atoms with Gasteiger partial charge in [-0.1, -0.05) is 11.8 Å². The molecule has 0 unspecified atom stereocenters. The lowest BCUT2D eigenvalue weighted by molar-refractivity contribution is 0.559. The van der Waals surface area contributed by atoms with Gasteiger partial charge in [0.1, 0.15) is 11.9 Å². The second kappa shape index (κ2) is 5.28. The summed E-state index contributed by atoms with van der Waals surface area (Å²) in [7, 11) is 1.91. The topological polar surface area (TPSA) is 60.9 Å². The Morgan fingerprint density at radius 2 is 2.09 bits per heavy atom. The molecule has 0 aliphatic heterocycles. The first-order chi connectivity index (χ1) is 10.7. The molecule has 1 aliphatic rings. The molecule has 6 heteroatoms. The molecule has 0 atom stereocenters. The highest BCUT2D eigenvalue weighted by molar-refractivity contribution is 7.98. The standard InChI is InChI=1S/C16H15N3O2S/c1-19-9-17-18-16(19)22-8-12-7-15(20)21-14-6-11-4-2-3-10(11)5-13(12)14/h5-7,9H,2-4,8H2,1H3. The molecule has 0 amide bonds. The predicted octanol–water partition coefficient (Wildman–Crippen LogP) is 2.70. The Morgan fingerprint density at radius 1 is 1.27 bits per heavy atom. The van der Waals surface area contributed by atoms with Crippen molar-refractivity contribution < 1.29 is 4.42 Å². The summed E-state index contributed by atoms with van der Waals surface area (Å²) in [5, 5.41) is 9.81. The van der Waals surface area contributed by atoms with Gasteiger partial charge >= 0.3 is 5.63 Å². The maximum Gasteiger partial charge on any atom is 0.336 e. The van der Waals surface area contributed by atoms with Gasteiger partial charge in [0.2, 0.25) is 0 Å². The second-order valence-electron chi connectivity index (χ2n) is 5.57. The van der Waals surface area contributed by atoms with Gasteiger partial charge in [0, 0.05) is 24.3 Å². The van der Waals surface area contributed by atoms with Crippen LogP contribution >= 0.6 is 11.8 Å². The summed E-state index contributed by atoms with van der Waals surface area (Å²) in [6.07, 6.45) is 5.04. The largest absolute Gasteiger partial charge is 0.423 e. The van der Waals surface area contributed by atoms with Gasteiger partial charge in [0.05, 0.1) is 0 Å². The smallest absolute Gasteiger partial charge is 0.336 e. The Morgan fingerprint density at radius 3 is 2.86 bits per heavy atom. The maximum atomic E-state index is 11.8. The first-order valence-corrected chi connectivity index (χ1v) is 8.24. The van der Waals surface area contributed by atoms with E-state index in [1.807, 2.05) is 17.7 Å². The number of nitrogens with zero attached hydrogens (tertiary/aromatic N) is 3. The van der Waals surface area contributed by atoms with Crippen LogP contribution in [-0.2, 0) is 25.6 Å². The summed E-state index contributed by atoms with van der Waals surface area (Å²) in [6.45, 7) is 0. The third kappa shape index (κ3) is 2.33. The molecule has 0 fully saturated rings. The number of fused-ring (bicyclic) bond motifs is 2. The van der Waals surface area contributed by atoms with Gasteiger partial charge in [-0.15, -0.1) is 10.2 Å². The molecule has 0 spiro atoms. The third-order valence-electron chi connectivity index (χ3n) is 4.07. The Bertz CT molecular complexity index is 913. The molecule has 2 aromatic heterocycles. The second-order valence-corrected chi connectivity index (χ2v) is 6.52. The van der Waals surface area contributed by atoms with Crippen molar-refractivity contribution in [3.8, 4) is 0 Å². The Balaban J connectivity index is 1.76. The van der Waals surface area contributed by atoms with E-state index < -0.39 is 0 Å². The van der Waals surface area contributed by atoms with E-state index in [0.717, 1.165) is 28.9 Å². The first kappa shape index (κ1) is 13.6. The number of aryl methyl sites for hydroxylation is 3. The van der Waals surface area contributed by atoms with E-state index in [1.165, 1.54) is 17.5 Å². The number of benzene rings is 1. The van der Waals surface area contributed by atoms with Gasteiger partial charge in [-0.25, -0.2) is 4.79 Å². The van der Waals surface area contributed by atoms with Crippen LogP contribution in [0.1, 0.15) is 23.1 Å². The van der Waals surface area contributed by atoms with Crippen molar-refractivity contribution in [2.75, 3.05) is 0 Å². The summed E-state index contributed by atoms with van der Waals surface area (Å²) in [6, 6.07) is 5.82. The van der Waals surface area contributed by atoms with Crippen LogP contribution in [0.3, 0.4) is 0 Å². The van der Waals surface area contributed by atoms with E-state index in [2.05, 4.69) is 16.3 Å². The SMILES string of the molecule is Cn1cnnc1SCc1cc(=O)oc2cc3c(cc12)CCC3. The van der Waals surface area contributed by atoms with Gasteiger partial charge in [-0.05, 0) is 48.1 Å². The van der Waals surface area contributed by atoms with Gasteiger partial charge < -0.3 is 8.98 Å². The quantitative estimate of drug-likeness (QED) is 0.549. The van der Waals surface area contributed by atoms with Crippen molar-refractivity contribution >= 4 is 22.7 Å². The molecule has 0 radical (unpaired) electrons. The predicted molar refractivity (Wildman–Crippen MR) is 85.1 cm³/mol. The minimum atomic E-state index is -0.293. The molecule has 1 aromatic carbocycles. The molecular formula is C16H15N3O2S. The van der Waals surface area contributed by atoms with Crippen molar-refractivity contribution in [2.45, 2.75) is 30.2 Å². The number of hydrogen-bond acceptors (Lipinski definition) is 5. The van der Waals surface area contributed by atoms with Crippen molar-refractivity contribution in [1.82, 2.24) is 14.8 Å². The molecule has 0 N–H and O–H groups in total. The van der Waals surface area contributed by atoms with Crippen LogP contribution in [0.5, 0.6) is 0 Å². The molecule has 2 heterocycles.